The molecule has 3 unspecified atom stereocenters. The number of benzene rings is 1. The number of carbonyl (C=O) groups is 1. The number of hydrogen-bond donors (Lipinski definition) is 3. The number of ketones is 1. The lowest BCUT2D eigenvalue weighted by Gasteiger charge is -2.28. The van der Waals surface area contributed by atoms with Gasteiger partial charge in [0.05, 0.1) is 11.7 Å². The fourth-order valence-corrected chi connectivity index (χ4v) is 5.78. The SMILES string of the molecule is Cc1cc(N)cc([C@@H](C)Nc2nc(Cl)nc3c2CC(CCC(=O)C2CCCCNC(C(F)(F)F)C2)C3)c1. The third-order valence-corrected chi connectivity index (χ3v) is 7.72. The van der Waals surface area contributed by atoms with E-state index >= 15 is 0 Å². The number of anilines is 2. The van der Waals surface area contributed by atoms with E-state index in [-0.39, 0.29) is 35.9 Å². The Morgan fingerprint density at radius 1 is 1.24 bits per heavy atom. The van der Waals surface area contributed by atoms with Crippen LogP contribution in [0.5, 0.6) is 0 Å². The van der Waals surface area contributed by atoms with E-state index in [2.05, 4.69) is 26.7 Å². The number of aromatic nitrogens is 2. The summed E-state index contributed by atoms with van der Waals surface area (Å²) in [6.07, 6.45) is -0.337. The van der Waals surface area contributed by atoms with Gasteiger partial charge in [-0.25, -0.2) is 9.97 Å². The van der Waals surface area contributed by atoms with Crippen molar-refractivity contribution < 1.29 is 18.0 Å². The van der Waals surface area contributed by atoms with E-state index in [9.17, 15) is 18.0 Å². The van der Waals surface area contributed by atoms with E-state index < -0.39 is 18.1 Å². The van der Waals surface area contributed by atoms with Gasteiger partial charge in [-0.3, -0.25) is 4.79 Å². The molecule has 0 bridgehead atoms. The van der Waals surface area contributed by atoms with Crippen LogP contribution in [-0.4, -0.2) is 34.5 Å². The highest BCUT2D eigenvalue weighted by atomic mass is 35.5. The summed E-state index contributed by atoms with van der Waals surface area (Å²) < 4.78 is 40.1. The van der Waals surface area contributed by atoms with Crippen LogP contribution in [0, 0.1) is 18.8 Å². The van der Waals surface area contributed by atoms with Gasteiger partial charge in [0, 0.05) is 23.6 Å². The summed E-state index contributed by atoms with van der Waals surface area (Å²) >= 11 is 6.23. The standard InChI is InChI=1S/C27H35ClF3N5O/c1-15-9-19(13-20(32)10-15)16(2)34-25-21-11-17(12-22(21)35-26(28)36-25)6-7-23(37)18-5-3-4-8-33-24(14-18)27(29,30)31/h9-10,13,16-18,24,33H,3-8,11-12,14,32H2,1-2H3,(H,34,35,36)/t16-,17?,18?,24?/m1/s1. The molecule has 37 heavy (non-hydrogen) atoms. The first-order valence-corrected chi connectivity index (χ1v) is 13.4. The fourth-order valence-electron chi connectivity index (χ4n) is 5.59. The van der Waals surface area contributed by atoms with Gasteiger partial charge in [-0.05, 0) is 99.7 Å². The Morgan fingerprint density at radius 2 is 2.03 bits per heavy atom. The molecule has 4 rings (SSSR count). The summed E-state index contributed by atoms with van der Waals surface area (Å²) in [7, 11) is 0. The molecule has 1 aliphatic carbocycles. The molecule has 1 aliphatic heterocycles. The molecular formula is C27H35ClF3N5O. The van der Waals surface area contributed by atoms with Gasteiger partial charge in [0.1, 0.15) is 17.6 Å². The van der Waals surface area contributed by atoms with Crippen molar-refractivity contribution in [2.24, 2.45) is 11.8 Å². The van der Waals surface area contributed by atoms with Gasteiger partial charge in [0.2, 0.25) is 5.28 Å². The van der Waals surface area contributed by atoms with E-state index in [4.69, 9.17) is 17.3 Å². The van der Waals surface area contributed by atoms with Crippen molar-refractivity contribution >= 4 is 28.9 Å². The molecule has 1 aromatic carbocycles. The van der Waals surface area contributed by atoms with Crippen LogP contribution in [0.4, 0.5) is 24.7 Å². The second kappa shape index (κ2) is 11.6. The summed E-state index contributed by atoms with van der Waals surface area (Å²) in [5.74, 6) is 0.220. The number of alkyl halides is 3. The number of rotatable bonds is 7. The smallest absolute Gasteiger partial charge is 0.399 e. The van der Waals surface area contributed by atoms with Crippen molar-refractivity contribution in [3.8, 4) is 0 Å². The Hall–Kier alpha value is -2.39. The van der Waals surface area contributed by atoms with Crippen LogP contribution in [0.3, 0.4) is 0 Å². The Bertz CT molecular complexity index is 1110. The van der Waals surface area contributed by atoms with Crippen LogP contribution in [-0.2, 0) is 17.6 Å². The highest BCUT2D eigenvalue weighted by molar-refractivity contribution is 6.28. The maximum atomic E-state index is 13.4. The van der Waals surface area contributed by atoms with Gasteiger partial charge in [-0.2, -0.15) is 13.2 Å². The molecular weight excluding hydrogens is 503 g/mol. The van der Waals surface area contributed by atoms with Crippen LogP contribution in [0.25, 0.3) is 0 Å². The second-order valence-corrected chi connectivity index (χ2v) is 10.9. The summed E-state index contributed by atoms with van der Waals surface area (Å²) in [4.78, 5) is 21.8. The first-order chi connectivity index (χ1) is 17.5. The molecule has 10 heteroatoms. The molecule has 4 N–H and O–H groups in total. The Morgan fingerprint density at radius 3 is 2.76 bits per heavy atom. The van der Waals surface area contributed by atoms with Gasteiger partial charge in [0.25, 0.3) is 0 Å². The number of nitrogens with two attached hydrogens (primary N) is 1. The minimum Gasteiger partial charge on any atom is -0.399 e. The lowest BCUT2D eigenvalue weighted by Crippen LogP contribution is -2.45. The number of Topliss-reactive ketones (excluding diaryl/α,β-unsaturated/α-hetero) is 1. The minimum atomic E-state index is -4.34. The Kier molecular flexibility index (Phi) is 8.63. The maximum Gasteiger partial charge on any atom is 0.403 e. The second-order valence-electron chi connectivity index (χ2n) is 10.6. The van der Waals surface area contributed by atoms with Crippen molar-refractivity contribution in [2.75, 3.05) is 17.6 Å². The largest absolute Gasteiger partial charge is 0.403 e. The van der Waals surface area contributed by atoms with Crippen molar-refractivity contribution in [1.29, 1.82) is 0 Å². The molecule has 0 spiro atoms. The summed E-state index contributed by atoms with van der Waals surface area (Å²) in [6, 6.07) is 4.23. The average Bonchev–Trinajstić information content (AvgIpc) is 3.19. The average molecular weight is 538 g/mol. The fraction of sp³-hybridized carbons (Fsp3) is 0.593. The number of nitrogen functional groups attached to an aromatic ring is 1. The molecule has 0 radical (unpaired) electrons. The molecule has 2 heterocycles. The highest BCUT2D eigenvalue weighted by Crippen LogP contribution is 2.36. The number of hydrogen-bond acceptors (Lipinski definition) is 6. The monoisotopic (exact) mass is 537 g/mol. The molecule has 2 aromatic rings. The quantitative estimate of drug-likeness (QED) is 0.298. The number of aryl methyl sites for hydroxylation is 1. The minimum absolute atomic E-state index is 0.0626. The molecule has 0 amide bonds. The van der Waals surface area contributed by atoms with Gasteiger partial charge in [-0.15, -0.1) is 0 Å². The molecule has 1 aromatic heterocycles. The van der Waals surface area contributed by atoms with Gasteiger partial charge >= 0.3 is 6.18 Å². The summed E-state index contributed by atoms with van der Waals surface area (Å²) in [6.45, 7) is 4.36. The van der Waals surface area contributed by atoms with E-state index in [0.717, 1.165) is 28.8 Å². The number of nitrogens with zero attached hydrogens (tertiary/aromatic N) is 2. The molecule has 6 nitrogen and oxygen atoms in total. The molecule has 4 atom stereocenters. The lowest BCUT2D eigenvalue weighted by molar-refractivity contribution is -0.161. The van der Waals surface area contributed by atoms with Crippen molar-refractivity contribution in [1.82, 2.24) is 15.3 Å². The van der Waals surface area contributed by atoms with Crippen LogP contribution in [0.1, 0.15) is 73.9 Å². The number of nitrogens with one attached hydrogen (secondary N) is 2. The van der Waals surface area contributed by atoms with Gasteiger partial charge < -0.3 is 16.4 Å². The topological polar surface area (TPSA) is 92.9 Å². The van der Waals surface area contributed by atoms with Crippen LogP contribution in [0.2, 0.25) is 5.28 Å². The van der Waals surface area contributed by atoms with Crippen molar-refractivity contribution in [2.45, 2.75) is 83.5 Å². The van der Waals surface area contributed by atoms with Crippen LogP contribution in [0.15, 0.2) is 18.2 Å². The van der Waals surface area contributed by atoms with Crippen LogP contribution >= 0.6 is 11.6 Å². The predicted octanol–water partition coefficient (Wildman–Crippen LogP) is 5.97. The van der Waals surface area contributed by atoms with E-state index in [1.165, 1.54) is 0 Å². The zero-order valence-corrected chi connectivity index (χ0v) is 22.1. The molecule has 1 fully saturated rings. The van der Waals surface area contributed by atoms with E-state index in [1.807, 2.05) is 26.0 Å². The molecule has 2 aliphatic rings. The summed E-state index contributed by atoms with van der Waals surface area (Å²) in [5, 5.41) is 6.19. The third-order valence-electron chi connectivity index (χ3n) is 7.56. The summed E-state index contributed by atoms with van der Waals surface area (Å²) in [5.41, 5.74) is 10.7. The Labute approximate surface area is 221 Å². The first-order valence-electron chi connectivity index (χ1n) is 13.0. The van der Waals surface area contributed by atoms with E-state index in [0.29, 0.717) is 50.2 Å². The zero-order valence-electron chi connectivity index (χ0n) is 21.3. The molecule has 0 saturated carbocycles. The zero-order chi connectivity index (χ0) is 26.7. The van der Waals surface area contributed by atoms with Crippen LogP contribution < -0.4 is 16.4 Å². The molecule has 1 saturated heterocycles. The highest BCUT2D eigenvalue weighted by Gasteiger charge is 2.42. The molecule has 202 valence electrons. The van der Waals surface area contributed by atoms with Crippen molar-refractivity contribution in [3.63, 3.8) is 0 Å². The van der Waals surface area contributed by atoms with Crippen molar-refractivity contribution in [3.05, 3.63) is 45.9 Å². The van der Waals surface area contributed by atoms with Gasteiger partial charge in [0.15, 0.2) is 0 Å². The number of fused-ring (bicyclic) bond motifs is 1. The number of carbonyl (C=O) groups excluding carboxylic acids is 1. The third kappa shape index (κ3) is 7.13. The Balaban J connectivity index is 1.39. The number of halogens is 4. The first kappa shape index (κ1) is 27.6. The van der Waals surface area contributed by atoms with Gasteiger partial charge in [-0.1, -0.05) is 12.5 Å². The lowest BCUT2D eigenvalue weighted by atomic mass is 9.85. The van der Waals surface area contributed by atoms with E-state index in [1.54, 1.807) is 0 Å². The maximum absolute atomic E-state index is 13.4. The predicted molar refractivity (Wildman–Crippen MR) is 140 cm³/mol. The normalized spacial score (nSPS) is 23.1.